The van der Waals surface area contributed by atoms with E-state index in [1.807, 2.05) is 6.07 Å². The Morgan fingerprint density at radius 3 is 2.43 bits per heavy atom. The fourth-order valence-electron chi connectivity index (χ4n) is 3.64. The molecule has 2 heterocycles. The molecule has 0 radical (unpaired) electrons. The summed E-state index contributed by atoms with van der Waals surface area (Å²) < 4.78 is 2.15. The number of aromatic nitrogens is 2. The fraction of sp³-hybridized carbons (Fsp3) is 0.292. The molecule has 4 rings (SSSR count). The van der Waals surface area contributed by atoms with Gasteiger partial charge in [0.1, 0.15) is 0 Å². The number of thiazole rings is 1. The van der Waals surface area contributed by atoms with Crippen LogP contribution in [0.3, 0.4) is 0 Å². The van der Waals surface area contributed by atoms with E-state index in [9.17, 15) is 0 Å². The highest BCUT2D eigenvalue weighted by atomic mass is 32.1. The van der Waals surface area contributed by atoms with Gasteiger partial charge < -0.3 is 5.73 Å². The highest BCUT2D eigenvalue weighted by Crippen LogP contribution is 2.33. The summed E-state index contributed by atoms with van der Waals surface area (Å²) in [6.45, 7) is 2.72. The number of hydrogen-bond donors (Lipinski definition) is 1. The van der Waals surface area contributed by atoms with Crippen molar-refractivity contribution >= 4 is 16.3 Å². The number of benzene rings is 2. The molecule has 3 nitrogen and oxygen atoms in total. The Kier molecular flexibility index (Phi) is 5.89. The van der Waals surface area contributed by atoms with Crippen LogP contribution < -0.4 is 5.73 Å². The predicted molar refractivity (Wildman–Crippen MR) is 120 cm³/mol. The Morgan fingerprint density at radius 2 is 1.71 bits per heavy atom. The summed E-state index contributed by atoms with van der Waals surface area (Å²) in [4.78, 5) is 7.13. The third kappa shape index (κ3) is 3.89. The highest BCUT2D eigenvalue weighted by Gasteiger charge is 2.16. The molecule has 0 aliphatic heterocycles. The molecule has 144 valence electrons. The zero-order chi connectivity index (χ0) is 19.3. The van der Waals surface area contributed by atoms with Crippen LogP contribution in [0.25, 0.3) is 26.7 Å². The third-order valence-electron chi connectivity index (χ3n) is 5.22. The summed E-state index contributed by atoms with van der Waals surface area (Å²) in [6.07, 6.45) is 8.51. The summed E-state index contributed by atoms with van der Waals surface area (Å²) in [5.41, 5.74) is 12.0. The van der Waals surface area contributed by atoms with Crippen molar-refractivity contribution in [3.8, 4) is 21.7 Å². The van der Waals surface area contributed by atoms with Crippen molar-refractivity contribution in [1.82, 2.24) is 9.38 Å². The number of unbranched alkanes of at least 4 members (excludes halogenated alkanes) is 3. The number of nitrogens with two attached hydrogens (primary N) is 1. The third-order valence-corrected chi connectivity index (χ3v) is 6.25. The van der Waals surface area contributed by atoms with Crippen LogP contribution in [0, 0.1) is 0 Å². The summed E-state index contributed by atoms with van der Waals surface area (Å²) in [5.74, 6) is 0. The predicted octanol–water partition coefficient (Wildman–Crippen LogP) is 6.31. The average molecular weight is 390 g/mol. The quantitative estimate of drug-likeness (QED) is 0.359. The van der Waals surface area contributed by atoms with E-state index in [4.69, 9.17) is 10.7 Å². The second kappa shape index (κ2) is 8.72. The molecule has 2 N–H and O–H groups in total. The second-order valence-corrected chi connectivity index (χ2v) is 8.24. The minimum atomic E-state index is 0.472. The molecule has 0 spiro atoms. The molecule has 0 atom stereocenters. The van der Waals surface area contributed by atoms with Gasteiger partial charge in [0.05, 0.1) is 16.3 Å². The van der Waals surface area contributed by atoms with Crippen molar-refractivity contribution in [2.45, 2.75) is 45.6 Å². The Morgan fingerprint density at radius 1 is 0.929 bits per heavy atom. The molecule has 2 aromatic heterocycles. The van der Waals surface area contributed by atoms with E-state index in [0.29, 0.717) is 6.54 Å². The Hall–Kier alpha value is -2.43. The maximum absolute atomic E-state index is 6.11. The minimum Gasteiger partial charge on any atom is -0.325 e. The first-order chi connectivity index (χ1) is 13.8. The Labute approximate surface area is 170 Å². The van der Waals surface area contributed by atoms with Crippen LogP contribution in [0.2, 0.25) is 0 Å². The summed E-state index contributed by atoms with van der Waals surface area (Å²) in [5, 5.41) is 0. The molecule has 0 aliphatic carbocycles. The van der Waals surface area contributed by atoms with Crippen LogP contribution in [0.5, 0.6) is 0 Å². The lowest BCUT2D eigenvalue weighted by Crippen LogP contribution is -2.01. The Balaban J connectivity index is 1.59. The van der Waals surface area contributed by atoms with Gasteiger partial charge >= 0.3 is 0 Å². The molecule has 0 fully saturated rings. The SMILES string of the molecule is CCCCCCc1ccc(-c2nc3sc(-c4ccccc4)cn3c2CN)cc1. The van der Waals surface area contributed by atoms with Gasteiger partial charge in [0.2, 0.25) is 0 Å². The van der Waals surface area contributed by atoms with Gasteiger partial charge in [-0.3, -0.25) is 4.40 Å². The number of nitrogens with zero attached hydrogens (tertiary/aromatic N) is 2. The van der Waals surface area contributed by atoms with E-state index in [0.717, 1.165) is 28.3 Å². The van der Waals surface area contributed by atoms with Gasteiger partial charge in [0.15, 0.2) is 4.96 Å². The van der Waals surface area contributed by atoms with Crippen LogP contribution in [0.15, 0.2) is 60.8 Å². The minimum absolute atomic E-state index is 0.472. The van der Waals surface area contributed by atoms with E-state index >= 15 is 0 Å². The first kappa shape index (κ1) is 18.9. The fourth-order valence-corrected chi connectivity index (χ4v) is 4.64. The smallest absolute Gasteiger partial charge is 0.195 e. The largest absolute Gasteiger partial charge is 0.325 e. The van der Waals surface area contributed by atoms with Crippen LogP contribution in [-0.4, -0.2) is 9.38 Å². The maximum atomic E-state index is 6.11. The normalized spacial score (nSPS) is 11.4. The van der Waals surface area contributed by atoms with Crippen LogP contribution in [0.1, 0.15) is 43.9 Å². The summed E-state index contributed by atoms with van der Waals surface area (Å²) >= 11 is 1.71. The van der Waals surface area contributed by atoms with Gasteiger partial charge in [-0.15, -0.1) is 0 Å². The molecule has 4 heteroatoms. The molecule has 0 saturated heterocycles. The zero-order valence-electron chi connectivity index (χ0n) is 16.4. The van der Waals surface area contributed by atoms with Gasteiger partial charge in [-0.1, -0.05) is 92.1 Å². The van der Waals surface area contributed by atoms with Gasteiger partial charge in [0.25, 0.3) is 0 Å². The van der Waals surface area contributed by atoms with Crippen molar-refractivity contribution in [1.29, 1.82) is 0 Å². The second-order valence-electron chi connectivity index (χ2n) is 7.23. The van der Waals surface area contributed by atoms with Gasteiger partial charge in [-0.2, -0.15) is 0 Å². The molecule has 0 bridgehead atoms. The molecule has 0 aliphatic rings. The van der Waals surface area contributed by atoms with Gasteiger partial charge in [-0.25, -0.2) is 4.98 Å². The van der Waals surface area contributed by atoms with Crippen molar-refractivity contribution in [3.63, 3.8) is 0 Å². The Bertz CT molecular complexity index is 1030. The van der Waals surface area contributed by atoms with Crippen molar-refractivity contribution in [3.05, 3.63) is 72.1 Å². The first-order valence-corrected chi connectivity index (χ1v) is 11.0. The van der Waals surface area contributed by atoms with E-state index in [1.54, 1.807) is 11.3 Å². The van der Waals surface area contributed by atoms with Gasteiger partial charge in [0, 0.05) is 18.3 Å². The topological polar surface area (TPSA) is 43.3 Å². The van der Waals surface area contributed by atoms with E-state index in [1.165, 1.54) is 41.7 Å². The summed E-state index contributed by atoms with van der Waals surface area (Å²) in [7, 11) is 0. The number of imidazole rings is 1. The lowest BCUT2D eigenvalue weighted by molar-refractivity contribution is 0.667. The average Bonchev–Trinajstić information content (AvgIpc) is 3.30. The van der Waals surface area contributed by atoms with Crippen LogP contribution in [0.4, 0.5) is 0 Å². The molecule has 28 heavy (non-hydrogen) atoms. The van der Waals surface area contributed by atoms with Crippen molar-refractivity contribution in [2.24, 2.45) is 5.73 Å². The van der Waals surface area contributed by atoms with E-state index in [2.05, 4.69) is 66.1 Å². The van der Waals surface area contributed by atoms with Crippen molar-refractivity contribution in [2.75, 3.05) is 0 Å². The molecule has 0 saturated carbocycles. The monoisotopic (exact) mass is 389 g/mol. The molecule has 0 amide bonds. The maximum Gasteiger partial charge on any atom is 0.195 e. The standard InChI is InChI=1S/C24H27N3S/c1-2-3-4-6-9-18-12-14-20(15-13-18)23-21(16-25)27-17-22(28-24(27)26-23)19-10-7-5-8-11-19/h5,7-8,10-15,17H,2-4,6,9,16,25H2,1H3. The summed E-state index contributed by atoms with van der Waals surface area (Å²) in [6, 6.07) is 19.3. The molecule has 2 aromatic carbocycles. The van der Waals surface area contributed by atoms with Crippen molar-refractivity contribution < 1.29 is 0 Å². The zero-order valence-corrected chi connectivity index (χ0v) is 17.2. The highest BCUT2D eigenvalue weighted by molar-refractivity contribution is 7.20. The van der Waals surface area contributed by atoms with Crippen LogP contribution >= 0.6 is 11.3 Å². The molecular formula is C24H27N3S. The first-order valence-electron chi connectivity index (χ1n) is 10.2. The number of fused-ring (bicyclic) bond motifs is 1. The number of aryl methyl sites for hydroxylation is 1. The molecular weight excluding hydrogens is 362 g/mol. The van der Waals surface area contributed by atoms with E-state index in [-0.39, 0.29) is 0 Å². The number of hydrogen-bond acceptors (Lipinski definition) is 3. The molecule has 4 aromatic rings. The lowest BCUT2D eigenvalue weighted by atomic mass is 10.0. The number of rotatable bonds is 8. The molecule has 0 unspecified atom stereocenters. The lowest BCUT2D eigenvalue weighted by Gasteiger charge is -2.05. The van der Waals surface area contributed by atoms with E-state index < -0.39 is 0 Å². The van der Waals surface area contributed by atoms with Crippen LogP contribution in [-0.2, 0) is 13.0 Å². The van der Waals surface area contributed by atoms with Gasteiger partial charge in [-0.05, 0) is 24.0 Å².